The smallest absolute Gasteiger partial charge is 0.326 e. The Morgan fingerprint density at radius 1 is 1.25 bits per heavy atom. The lowest BCUT2D eigenvalue weighted by Gasteiger charge is -2.13. The van der Waals surface area contributed by atoms with E-state index >= 15 is 0 Å². The molecule has 1 aromatic rings. The van der Waals surface area contributed by atoms with Gasteiger partial charge >= 0.3 is 18.0 Å². The molecule has 0 aliphatic rings. The van der Waals surface area contributed by atoms with E-state index in [9.17, 15) is 14.4 Å². The second kappa shape index (κ2) is 7.49. The second-order valence-electron chi connectivity index (χ2n) is 3.95. The third-order valence-corrected chi connectivity index (χ3v) is 2.82. The molecule has 7 nitrogen and oxygen atoms in total. The quantitative estimate of drug-likeness (QED) is 0.618. The molecule has 1 rings (SSSR count). The molecule has 1 aromatic carbocycles. The summed E-state index contributed by atoms with van der Waals surface area (Å²) in [5.74, 6) is -2.70. The van der Waals surface area contributed by atoms with Crippen LogP contribution in [0.5, 0.6) is 0 Å². The molecule has 4 N–H and O–H groups in total. The van der Waals surface area contributed by atoms with E-state index < -0.39 is 30.4 Å². The molecule has 0 saturated carbocycles. The van der Waals surface area contributed by atoms with Crippen molar-refractivity contribution in [2.75, 3.05) is 0 Å². The van der Waals surface area contributed by atoms with Gasteiger partial charge in [0.15, 0.2) is 0 Å². The SMILES string of the molecule is O=C(O)CC(NC(=O)NCc1cccc(Br)c1)C(=O)O. The van der Waals surface area contributed by atoms with Crippen molar-refractivity contribution in [1.29, 1.82) is 0 Å². The van der Waals surface area contributed by atoms with E-state index in [-0.39, 0.29) is 6.54 Å². The third kappa shape index (κ3) is 5.70. The number of halogens is 1. The molecule has 108 valence electrons. The summed E-state index contributed by atoms with van der Waals surface area (Å²) < 4.78 is 0.853. The third-order valence-electron chi connectivity index (χ3n) is 2.32. The topological polar surface area (TPSA) is 116 Å². The number of aliphatic carboxylic acids is 2. The van der Waals surface area contributed by atoms with Crippen LogP contribution in [0.4, 0.5) is 4.79 Å². The van der Waals surface area contributed by atoms with Gasteiger partial charge in [-0.15, -0.1) is 0 Å². The van der Waals surface area contributed by atoms with Crippen LogP contribution in [0.2, 0.25) is 0 Å². The van der Waals surface area contributed by atoms with E-state index in [0.29, 0.717) is 0 Å². The summed E-state index contributed by atoms with van der Waals surface area (Å²) in [5, 5.41) is 21.9. The van der Waals surface area contributed by atoms with Crippen LogP contribution >= 0.6 is 15.9 Å². The van der Waals surface area contributed by atoms with Gasteiger partial charge in [0.05, 0.1) is 6.42 Å². The van der Waals surface area contributed by atoms with Crippen molar-refractivity contribution in [2.24, 2.45) is 0 Å². The Morgan fingerprint density at radius 2 is 1.95 bits per heavy atom. The molecule has 1 unspecified atom stereocenters. The number of amides is 2. The fourth-order valence-electron chi connectivity index (χ4n) is 1.41. The van der Waals surface area contributed by atoms with Gasteiger partial charge in [0, 0.05) is 11.0 Å². The van der Waals surface area contributed by atoms with E-state index in [2.05, 4.69) is 26.6 Å². The fraction of sp³-hybridized carbons (Fsp3) is 0.250. The number of carbonyl (C=O) groups excluding carboxylic acids is 1. The van der Waals surface area contributed by atoms with Crippen LogP contribution in [0, 0.1) is 0 Å². The number of urea groups is 1. The maximum absolute atomic E-state index is 11.5. The minimum absolute atomic E-state index is 0.199. The molecule has 0 radical (unpaired) electrons. The van der Waals surface area contributed by atoms with Gasteiger partial charge in [-0.05, 0) is 17.7 Å². The molecule has 0 fully saturated rings. The molecule has 8 heteroatoms. The fourth-order valence-corrected chi connectivity index (χ4v) is 1.86. The Morgan fingerprint density at radius 3 is 2.50 bits per heavy atom. The minimum Gasteiger partial charge on any atom is -0.481 e. The first-order valence-corrected chi connectivity index (χ1v) is 6.41. The maximum atomic E-state index is 11.5. The molecular weight excluding hydrogens is 332 g/mol. The predicted octanol–water partition coefficient (Wildman–Crippen LogP) is 1.18. The van der Waals surface area contributed by atoms with E-state index in [1.54, 1.807) is 18.2 Å². The lowest BCUT2D eigenvalue weighted by atomic mass is 10.2. The number of rotatable bonds is 6. The van der Waals surface area contributed by atoms with Crippen molar-refractivity contribution in [3.8, 4) is 0 Å². The molecule has 0 spiro atoms. The predicted molar refractivity (Wildman–Crippen MR) is 73.2 cm³/mol. The van der Waals surface area contributed by atoms with E-state index in [4.69, 9.17) is 10.2 Å². The van der Waals surface area contributed by atoms with Gasteiger partial charge in [-0.3, -0.25) is 4.79 Å². The molecule has 0 aliphatic carbocycles. The van der Waals surface area contributed by atoms with Crippen molar-refractivity contribution < 1.29 is 24.6 Å². The molecule has 1 atom stereocenters. The molecule has 2 amide bonds. The normalized spacial score (nSPS) is 11.4. The molecule has 0 bridgehead atoms. The molecule has 0 heterocycles. The van der Waals surface area contributed by atoms with Crippen LogP contribution in [-0.4, -0.2) is 34.2 Å². The molecule has 0 saturated heterocycles. The van der Waals surface area contributed by atoms with Crippen LogP contribution < -0.4 is 10.6 Å². The number of benzene rings is 1. The first-order valence-electron chi connectivity index (χ1n) is 5.62. The minimum atomic E-state index is -1.46. The van der Waals surface area contributed by atoms with Gasteiger partial charge in [0.1, 0.15) is 6.04 Å². The first-order chi connectivity index (χ1) is 9.38. The lowest BCUT2D eigenvalue weighted by molar-refractivity contribution is -0.145. The zero-order chi connectivity index (χ0) is 15.1. The zero-order valence-electron chi connectivity index (χ0n) is 10.3. The lowest BCUT2D eigenvalue weighted by Crippen LogP contribution is -2.46. The van der Waals surface area contributed by atoms with E-state index in [1.807, 2.05) is 6.07 Å². The second-order valence-corrected chi connectivity index (χ2v) is 4.86. The maximum Gasteiger partial charge on any atom is 0.326 e. The average Bonchev–Trinajstić information content (AvgIpc) is 2.35. The number of hydrogen-bond donors (Lipinski definition) is 4. The summed E-state index contributed by atoms with van der Waals surface area (Å²) in [6, 6.07) is 5.01. The average molecular weight is 345 g/mol. The highest BCUT2D eigenvalue weighted by Crippen LogP contribution is 2.11. The summed E-state index contributed by atoms with van der Waals surface area (Å²) >= 11 is 3.28. The van der Waals surface area contributed by atoms with Crippen LogP contribution in [0.1, 0.15) is 12.0 Å². The summed E-state index contributed by atoms with van der Waals surface area (Å²) in [6.07, 6.45) is -0.681. The van der Waals surface area contributed by atoms with Crippen molar-refractivity contribution in [3.63, 3.8) is 0 Å². The van der Waals surface area contributed by atoms with Crippen molar-refractivity contribution in [3.05, 3.63) is 34.3 Å². The van der Waals surface area contributed by atoms with E-state index in [0.717, 1.165) is 10.0 Å². The van der Waals surface area contributed by atoms with Gasteiger partial charge in [0.25, 0.3) is 0 Å². The van der Waals surface area contributed by atoms with E-state index in [1.165, 1.54) is 0 Å². The Kier molecular flexibility index (Phi) is 5.98. The monoisotopic (exact) mass is 344 g/mol. The van der Waals surface area contributed by atoms with Crippen molar-refractivity contribution in [2.45, 2.75) is 19.0 Å². The van der Waals surface area contributed by atoms with Crippen LogP contribution in [0.15, 0.2) is 28.7 Å². The molecule has 0 aliphatic heterocycles. The van der Waals surface area contributed by atoms with Gasteiger partial charge in [-0.25, -0.2) is 9.59 Å². The van der Waals surface area contributed by atoms with Crippen LogP contribution in [0.3, 0.4) is 0 Å². The Hall–Kier alpha value is -2.09. The van der Waals surface area contributed by atoms with Crippen molar-refractivity contribution in [1.82, 2.24) is 10.6 Å². The molecule has 0 aromatic heterocycles. The number of carboxylic acid groups (broad SMARTS) is 2. The standard InChI is InChI=1S/C12H13BrN2O5/c13-8-3-1-2-7(4-8)6-14-12(20)15-9(11(18)19)5-10(16)17/h1-4,9H,5-6H2,(H,16,17)(H,18,19)(H2,14,15,20). The number of hydrogen-bond acceptors (Lipinski definition) is 3. The molecular formula is C12H13BrN2O5. The Bertz CT molecular complexity index is 520. The highest BCUT2D eigenvalue weighted by Gasteiger charge is 2.22. The van der Waals surface area contributed by atoms with Gasteiger partial charge in [-0.2, -0.15) is 0 Å². The van der Waals surface area contributed by atoms with Gasteiger partial charge in [0.2, 0.25) is 0 Å². The Labute approximate surface area is 123 Å². The number of nitrogens with one attached hydrogen (secondary N) is 2. The zero-order valence-corrected chi connectivity index (χ0v) is 11.9. The Balaban J connectivity index is 2.49. The highest BCUT2D eigenvalue weighted by atomic mass is 79.9. The summed E-state index contributed by atoms with van der Waals surface area (Å²) in [4.78, 5) is 32.8. The molecule has 20 heavy (non-hydrogen) atoms. The van der Waals surface area contributed by atoms with Crippen LogP contribution in [0.25, 0.3) is 0 Å². The summed E-state index contributed by atoms with van der Waals surface area (Å²) in [6.45, 7) is 0.199. The van der Waals surface area contributed by atoms with Gasteiger partial charge in [-0.1, -0.05) is 28.1 Å². The number of carbonyl (C=O) groups is 3. The number of carboxylic acids is 2. The summed E-state index contributed by atoms with van der Waals surface area (Å²) in [7, 11) is 0. The summed E-state index contributed by atoms with van der Waals surface area (Å²) in [5.41, 5.74) is 0.819. The van der Waals surface area contributed by atoms with Crippen molar-refractivity contribution >= 4 is 33.9 Å². The highest BCUT2D eigenvalue weighted by molar-refractivity contribution is 9.10. The first kappa shape index (κ1) is 16.0. The van der Waals surface area contributed by atoms with Gasteiger partial charge < -0.3 is 20.8 Å². The largest absolute Gasteiger partial charge is 0.481 e. The van der Waals surface area contributed by atoms with Crippen LogP contribution in [-0.2, 0) is 16.1 Å².